The van der Waals surface area contributed by atoms with E-state index in [4.69, 9.17) is 4.74 Å². The summed E-state index contributed by atoms with van der Waals surface area (Å²) in [5.41, 5.74) is 3.60. The molecule has 0 aliphatic rings. The van der Waals surface area contributed by atoms with Gasteiger partial charge in [0.2, 0.25) is 15.9 Å². The molecule has 2 rings (SSSR count). The summed E-state index contributed by atoms with van der Waals surface area (Å²) in [6.45, 7) is 7.47. The molecule has 1 amide bonds. The number of ether oxygens (including phenoxy) is 1. The van der Waals surface area contributed by atoms with Crippen LogP contribution in [0.5, 0.6) is 5.75 Å². The Hall–Kier alpha value is -2.54. The number of anilines is 1. The van der Waals surface area contributed by atoms with E-state index in [1.807, 2.05) is 32.9 Å². The van der Waals surface area contributed by atoms with E-state index in [2.05, 4.69) is 11.4 Å². The summed E-state index contributed by atoms with van der Waals surface area (Å²) in [4.78, 5) is 12.9. The number of methoxy groups -OCH3 is 1. The molecule has 0 aliphatic heterocycles. The number of aryl methyl sites for hydroxylation is 2. The Morgan fingerprint density at radius 2 is 1.79 bits per heavy atom. The molecule has 6 nitrogen and oxygen atoms in total. The minimum Gasteiger partial charge on any atom is -0.497 e. The standard InChI is InChI=1S/C21H28N2O4S/c1-14-10-11-20(15(2)12-14)16(3)22-21(24)17(4)23(28(6,25)26)18-8-7-9-19(13-18)27-5/h7-13,16-17H,1-6H3,(H,22,24)/t16-,17-/m1/s1. The quantitative estimate of drug-likeness (QED) is 0.768. The van der Waals surface area contributed by atoms with Crippen molar-refractivity contribution in [1.29, 1.82) is 0 Å². The fourth-order valence-electron chi connectivity index (χ4n) is 3.28. The first-order valence-electron chi connectivity index (χ1n) is 9.05. The third kappa shape index (κ3) is 5.04. The van der Waals surface area contributed by atoms with Crippen molar-refractivity contribution in [3.8, 4) is 5.75 Å². The summed E-state index contributed by atoms with van der Waals surface area (Å²) in [6, 6.07) is 11.5. The molecule has 2 atom stereocenters. The number of benzene rings is 2. The average molecular weight is 405 g/mol. The number of sulfonamides is 1. The van der Waals surface area contributed by atoms with Gasteiger partial charge in [-0.2, -0.15) is 0 Å². The Kier molecular flexibility index (Phi) is 6.72. The van der Waals surface area contributed by atoms with Gasteiger partial charge >= 0.3 is 0 Å². The first-order valence-corrected chi connectivity index (χ1v) is 10.9. The van der Waals surface area contributed by atoms with Gasteiger partial charge < -0.3 is 10.1 Å². The predicted molar refractivity (Wildman–Crippen MR) is 112 cm³/mol. The molecule has 0 saturated heterocycles. The number of amides is 1. The molecule has 1 N–H and O–H groups in total. The summed E-state index contributed by atoms with van der Waals surface area (Å²) >= 11 is 0. The second-order valence-electron chi connectivity index (χ2n) is 7.03. The molecule has 0 radical (unpaired) electrons. The molecule has 0 heterocycles. The minimum absolute atomic E-state index is 0.248. The van der Waals surface area contributed by atoms with Gasteiger partial charge in [-0.15, -0.1) is 0 Å². The highest BCUT2D eigenvalue weighted by atomic mass is 32.2. The molecule has 2 aromatic carbocycles. The van der Waals surface area contributed by atoms with E-state index in [-0.39, 0.29) is 11.9 Å². The Morgan fingerprint density at radius 3 is 2.36 bits per heavy atom. The first kappa shape index (κ1) is 21.8. The van der Waals surface area contributed by atoms with Crippen LogP contribution >= 0.6 is 0 Å². The number of carbonyl (C=O) groups is 1. The maximum atomic E-state index is 12.9. The number of nitrogens with one attached hydrogen (secondary N) is 1. The summed E-state index contributed by atoms with van der Waals surface area (Å²) in [5.74, 6) is 0.142. The van der Waals surface area contributed by atoms with Crippen molar-refractivity contribution in [2.24, 2.45) is 0 Å². The van der Waals surface area contributed by atoms with Crippen molar-refractivity contribution >= 4 is 21.6 Å². The molecule has 0 saturated carbocycles. The van der Waals surface area contributed by atoms with Crippen molar-refractivity contribution < 1.29 is 17.9 Å². The third-order valence-corrected chi connectivity index (χ3v) is 5.89. The number of carbonyl (C=O) groups excluding carboxylic acids is 1. The number of nitrogens with zero attached hydrogens (tertiary/aromatic N) is 1. The molecule has 152 valence electrons. The lowest BCUT2D eigenvalue weighted by atomic mass is 10.00. The van der Waals surface area contributed by atoms with Crippen LogP contribution in [0.1, 0.15) is 36.6 Å². The third-order valence-electron chi connectivity index (χ3n) is 4.65. The van der Waals surface area contributed by atoms with E-state index in [9.17, 15) is 13.2 Å². The largest absolute Gasteiger partial charge is 0.497 e. The summed E-state index contributed by atoms with van der Waals surface area (Å²) < 4.78 is 31.2. The Balaban J connectivity index is 2.28. The minimum atomic E-state index is -3.68. The zero-order valence-corrected chi connectivity index (χ0v) is 18.0. The lowest BCUT2D eigenvalue weighted by Gasteiger charge is -2.29. The molecule has 28 heavy (non-hydrogen) atoms. The van der Waals surface area contributed by atoms with E-state index in [1.54, 1.807) is 31.2 Å². The first-order chi connectivity index (χ1) is 13.0. The van der Waals surface area contributed by atoms with Gasteiger partial charge in [-0.1, -0.05) is 29.8 Å². The topological polar surface area (TPSA) is 75.7 Å². The van der Waals surface area contributed by atoms with Crippen LogP contribution in [0.4, 0.5) is 5.69 Å². The van der Waals surface area contributed by atoms with Crippen LogP contribution in [0, 0.1) is 13.8 Å². The molecule has 7 heteroatoms. The van der Waals surface area contributed by atoms with Crippen LogP contribution in [0.2, 0.25) is 0 Å². The Labute approximate surface area is 167 Å². The van der Waals surface area contributed by atoms with Gasteiger partial charge in [0.15, 0.2) is 0 Å². The number of rotatable bonds is 7. The number of hydrogen-bond acceptors (Lipinski definition) is 4. The highest BCUT2D eigenvalue weighted by Gasteiger charge is 2.30. The van der Waals surface area contributed by atoms with Gasteiger partial charge in [0.1, 0.15) is 11.8 Å². The van der Waals surface area contributed by atoms with Gasteiger partial charge in [0.05, 0.1) is 25.1 Å². The SMILES string of the molecule is COc1cccc(N([C@H](C)C(=O)N[C@H](C)c2ccc(C)cc2C)S(C)(=O)=O)c1. The van der Waals surface area contributed by atoms with Crippen molar-refractivity contribution in [2.45, 2.75) is 39.8 Å². The van der Waals surface area contributed by atoms with Gasteiger partial charge in [0.25, 0.3) is 0 Å². The molecular weight excluding hydrogens is 376 g/mol. The van der Waals surface area contributed by atoms with E-state index in [0.717, 1.165) is 27.3 Å². The lowest BCUT2D eigenvalue weighted by molar-refractivity contribution is -0.122. The molecule has 0 unspecified atom stereocenters. The smallest absolute Gasteiger partial charge is 0.244 e. The second kappa shape index (κ2) is 8.65. The van der Waals surface area contributed by atoms with E-state index in [0.29, 0.717) is 11.4 Å². The van der Waals surface area contributed by atoms with Crippen molar-refractivity contribution in [2.75, 3.05) is 17.7 Å². The van der Waals surface area contributed by atoms with Crippen LogP contribution in [0.25, 0.3) is 0 Å². The van der Waals surface area contributed by atoms with Gasteiger partial charge in [0, 0.05) is 6.07 Å². The Morgan fingerprint density at radius 1 is 1.11 bits per heavy atom. The highest BCUT2D eigenvalue weighted by Crippen LogP contribution is 2.26. The molecular formula is C21H28N2O4S. The Bertz CT molecular complexity index is 957. The highest BCUT2D eigenvalue weighted by molar-refractivity contribution is 7.92. The zero-order chi connectivity index (χ0) is 21.1. The molecule has 0 aliphatic carbocycles. The van der Waals surface area contributed by atoms with Gasteiger partial charge in [-0.05, 0) is 51.0 Å². The maximum absolute atomic E-state index is 12.9. The van der Waals surface area contributed by atoms with E-state index in [1.165, 1.54) is 7.11 Å². The summed E-state index contributed by atoms with van der Waals surface area (Å²) in [7, 11) is -2.18. The van der Waals surface area contributed by atoms with Crippen LogP contribution in [0.15, 0.2) is 42.5 Å². The molecule has 0 bridgehead atoms. The number of hydrogen-bond donors (Lipinski definition) is 1. The fourth-order valence-corrected chi connectivity index (χ4v) is 4.45. The van der Waals surface area contributed by atoms with Crippen LogP contribution in [0.3, 0.4) is 0 Å². The van der Waals surface area contributed by atoms with Crippen LogP contribution in [-0.4, -0.2) is 33.7 Å². The van der Waals surface area contributed by atoms with Crippen LogP contribution < -0.4 is 14.4 Å². The maximum Gasteiger partial charge on any atom is 0.244 e. The fraction of sp³-hybridized carbons (Fsp3) is 0.381. The van der Waals surface area contributed by atoms with Crippen LogP contribution in [-0.2, 0) is 14.8 Å². The lowest BCUT2D eigenvalue weighted by Crippen LogP contribution is -2.48. The summed E-state index contributed by atoms with van der Waals surface area (Å²) in [6.07, 6.45) is 1.09. The van der Waals surface area contributed by atoms with Gasteiger partial charge in [-0.3, -0.25) is 9.10 Å². The van der Waals surface area contributed by atoms with Crippen molar-refractivity contribution in [3.05, 3.63) is 59.2 Å². The molecule has 0 fully saturated rings. The molecule has 0 aromatic heterocycles. The molecule has 2 aromatic rings. The predicted octanol–water partition coefficient (Wildman–Crippen LogP) is 3.34. The van der Waals surface area contributed by atoms with Crippen molar-refractivity contribution in [1.82, 2.24) is 5.32 Å². The second-order valence-corrected chi connectivity index (χ2v) is 8.89. The van der Waals surface area contributed by atoms with Crippen molar-refractivity contribution in [3.63, 3.8) is 0 Å². The zero-order valence-electron chi connectivity index (χ0n) is 17.2. The monoisotopic (exact) mass is 404 g/mol. The summed E-state index contributed by atoms with van der Waals surface area (Å²) in [5, 5.41) is 2.93. The van der Waals surface area contributed by atoms with E-state index >= 15 is 0 Å². The van der Waals surface area contributed by atoms with E-state index < -0.39 is 16.1 Å². The normalized spacial score (nSPS) is 13.5. The van der Waals surface area contributed by atoms with Gasteiger partial charge in [-0.25, -0.2) is 8.42 Å². The average Bonchev–Trinajstić information content (AvgIpc) is 2.60. The molecule has 0 spiro atoms.